The lowest BCUT2D eigenvalue weighted by atomic mass is 10.2. The Hall–Kier alpha value is -3.15. The van der Waals surface area contributed by atoms with Crippen molar-refractivity contribution < 1.29 is 9.53 Å². The Labute approximate surface area is 140 Å². The van der Waals surface area contributed by atoms with Crippen molar-refractivity contribution in [2.24, 2.45) is 0 Å². The summed E-state index contributed by atoms with van der Waals surface area (Å²) >= 11 is 0. The third-order valence-electron chi connectivity index (χ3n) is 3.53. The van der Waals surface area contributed by atoms with Crippen LogP contribution in [0, 0.1) is 0 Å². The zero-order valence-corrected chi connectivity index (χ0v) is 13.3. The number of hydrogen-bond donors (Lipinski definition) is 1. The molecule has 0 aliphatic rings. The molecule has 0 aliphatic heterocycles. The summed E-state index contributed by atoms with van der Waals surface area (Å²) in [5.74, 6) is 0.526. The molecule has 24 heavy (non-hydrogen) atoms. The Balaban J connectivity index is 1.55. The van der Waals surface area contributed by atoms with Gasteiger partial charge in [-0.1, -0.05) is 24.3 Å². The highest BCUT2D eigenvalue weighted by Crippen LogP contribution is 2.12. The van der Waals surface area contributed by atoms with Crippen LogP contribution in [0.15, 0.2) is 60.8 Å². The molecule has 0 unspecified atom stereocenters. The molecule has 0 saturated heterocycles. The highest BCUT2D eigenvalue weighted by atomic mass is 16.5. The maximum atomic E-state index is 12.1. The van der Waals surface area contributed by atoms with Gasteiger partial charge in [0.15, 0.2) is 0 Å². The van der Waals surface area contributed by atoms with E-state index in [1.165, 1.54) is 0 Å². The van der Waals surface area contributed by atoms with Gasteiger partial charge in [-0.15, -0.1) is 0 Å². The summed E-state index contributed by atoms with van der Waals surface area (Å²) in [5, 5.41) is 11.5. The Morgan fingerprint density at radius 3 is 2.79 bits per heavy atom. The molecule has 0 spiro atoms. The molecular weight excluding hydrogens is 304 g/mol. The fraction of sp³-hybridized carbons (Fsp3) is 0.167. The topological polar surface area (TPSA) is 69.0 Å². The molecule has 3 aromatic rings. The van der Waals surface area contributed by atoms with Crippen molar-refractivity contribution in [2.75, 3.05) is 13.7 Å². The summed E-state index contributed by atoms with van der Waals surface area (Å²) in [7, 11) is 1.58. The van der Waals surface area contributed by atoms with Gasteiger partial charge in [-0.3, -0.25) is 4.79 Å². The second-order valence-electron chi connectivity index (χ2n) is 5.20. The summed E-state index contributed by atoms with van der Waals surface area (Å²) in [6.45, 7) is 0.490. The van der Waals surface area contributed by atoms with Crippen molar-refractivity contribution >= 4 is 5.91 Å². The maximum Gasteiger partial charge on any atom is 0.251 e. The van der Waals surface area contributed by atoms with E-state index in [0.29, 0.717) is 24.3 Å². The SMILES string of the molecule is COc1cccc(C(=O)NCCc2cnn(-c3ccccc3)n2)c1. The zero-order valence-electron chi connectivity index (χ0n) is 13.3. The van der Waals surface area contributed by atoms with Gasteiger partial charge in [0.05, 0.1) is 24.7 Å². The van der Waals surface area contributed by atoms with E-state index in [0.717, 1.165) is 11.4 Å². The van der Waals surface area contributed by atoms with E-state index < -0.39 is 0 Å². The minimum Gasteiger partial charge on any atom is -0.497 e. The van der Waals surface area contributed by atoms with Gasteiger partial charge in [-0.2, -0.15) is 15.0 Å². The van der Waals surface area contributed by atoms with Gasteiger partial charge in [0, 0.05) is 18.5 Å². The predicted octanol–water partition coefficient (Wildman–Crippen LogP) is 2.25. The lowest BCUT2D eigenvalue weighted by Crippen LogP contribution is -2.25. The number of methoxy groups -OCH3 is 1. The van der Waals surface area contributed by atoms with Crippen molar-refractivity contribution in [3.8, 4) is 11.4 Å². The van der Waals surface area contributed by atoms with Gasteiger partial charge in [0.2, 0.25) is 0 Å². The van der Waals surface area contributed by atoms with Gasteiger partial charge < -0.3 is 10.1 Å². The normalized spacial score (nSPS) is 10.4. The van der Waals surface area contributed by atoms with Gasteiger partial charge in [-0.05, 0) is 30.3 Å². The number of rotatable bonds is 6. The fourth-order valence-corrected chi connectivity index (χ4v) is 2.27. The Bertz CT molecular complexity index is 815. The first-order chi connectivity index (χ1) is 11.8. The van der Waals surface area contributed by atoms with Crippen LogP contribution in [0.3, 0.4) is 0 Å². The molecule has 1 heterocycles. The summed E-state index contributed by atoms with van der Waals surface area (Å²) in [6, 6.07) is 16.8. The van der Waals surface area contributed by atoms with E-state index in [1.54, 1.807) is 42.4 Å². The second kappa shape index (κ2) is 7.41. The molecule has 6 heteroatoms. The van der Waals surface area contributed by atoms with Crippen molar-refractivity contribution in [3.05, 3.63) is 72.1 Å². The highest BCUT2D eigenvalue weighted by molar-refractivity contribution is 5.94. The third kappa shape index (κ3) is 3.78. The van der Waals surface area contributed by atoms with Gasteiger partial charge in [0.25, 0.3) is 5.91 Å². The Morgan fingerprint density at radius 2 is 2.00 bits per heavy atom. The first-order valence-electron chi connectivity index (χ1n) is 7.65. The van der Waals surface area contributed by atoms with Crippen molar-refractivity contribution in [1.29, 1.82) is 0 Å². The molecule has 0 saturated carbocycles. The van der Waals surface area contributed by atoms with Gasteiger partial charge >= 0.3 is 0 Å². The van der Waals surface area contributed by atoms with Crippen LogP contribution >= 0.6 is 0 Å². The van der Waals surface area contributed by atoms with E-state index >= 15 is 0 Å². The number of nitrogens with zero attached hydrogens (tertiary/aromatic N) is 3. The smallest absolute Gasteiger partial charge is 0.251 e. The lowest BCUT2D eigenvalue weighted by molar-refractivity contribution is 0.0953. The standard InChI is InChI=1S/C18H18N4O2/c1-24-17-9-5-6-14(12-17)18(23)19-11-10-15-13-20-22(21-15)16-7-3-2-4-8-16/h2-9,12-13H,10-11H2,1H3,(H,19,23). The predicted molar refractivity (Wildman–Crippen MR) is 90.4 cm³/mol. The largest absolute Gasteiger partial charge is 0.497 e. The van der Waals surface area contributed by atoms with E-state index in [-0.39, 0.29) is 5.91 Å². The van der Waals surface area contributed by atoms with Crippen molar-refractivity contribution in [2.45, 2.75) is 6.42 Å². The number of aromatic nitrogens is 3. The van der Waals surface area contributed by atoms with Crippen LogP contribution < -0.4 is 10.1 Å². The molecular formula is C18H18N4O2. The number of hydrogen-bond acceptors (Lipinski definition) is 4. The number of carbonyl (C=O) groups is 1. The summed E-state index contributed by atoms with van der Waals surface area (Å²) < 4.78 is 5.12. The van der Waals surface area contributed by atoms with E-state index in [1.807, 2.05) is 30.3 Å². The molecule has 0 bridgehead atoms. The molecule has 3 rings (SSSR count). The fourth-order valence-electron chi connectivity index (χ4n) is 2.27. The average molecular weight is 322 g/mol. The molecule has 1 amide bonds. The molecule has 0 fully saturated rings. The minimum atomic E-state index is -0.135. The monoisotopic (exact) mass is 322 g/mol. The van der Waals surface area contributed by atoms with Gasteiger partial charge in [-0.25, -0.2) is 0 Å². The first kappa shape index (κ1) is 15.7. The molecule has 2 aromatic carbocycles. The molecule has 0 atom stereocenters. The summed E-state index contributed by atoms with van der Waals surface area (Å²) in [5.41, 5.74) is 2.30. The minimum absolute atomic E-state index is 0.135. The number of nitrogens with one attached hydrogen (secondary N) is 1. The molecule has 0 aliphatic carbocycles. The van der Waals surface area contributed by atoms with E-state index in [2.05, 4.69) is 15.5 Å². The van der Waals surface area contributed by atoms with Crippen molar-refractivity contribution in [1.82, 2.24) is 20.3 Å². The van der Waals surface area contributed by atoms with Crippen LogP contribution in [0.4, 0.5) is 0 Å². The van der Waals surface area contributed by atoms with Crippen LogP contribution in [-0.4, -0.2) is 34.6 Å². The Morgan fingerprint density at radius 1 is 1.17 bits per heavy atom. The first-order valence-corrected chi connectivity index (χ1v) is 7.65. The number of ether oxygens (including phenoxy) is 1. The van der Waals surface area contributed by atoms with Crippen LogP contribution in [0.2, 0.25) is 0 Å². The van der Waals surface area contributed by atoms with Gasteiger partial charge in [0.1, 0.15) is 5.75 Å². The summed E-state index contributed by atoms with van der Waals surface area (Å²) in [6.07, 6.45) is 2.33. The average Bonchev–Trinajstić information content (AvgIpc) is 3.11. The van der Waals surface area contributed by atoms with Crippen LogP contribution in [0.25, 0.3) is 5.69 Å². The second-order valence-corrected chi connectivity index (χ2v) is 5.20. The third-order valence-corrected chi connectivity index (χ3v) is 3.53. The van der Waals surface area contributed by atoms with Crippen molar-refractivity contribution in [3.63, 3.8) is 0 Å². The molecule has 122 valence electrons. The maximum absolute atomic E-state index is 12.1. The molecule has 0 radical (unpaired) electrons. The molecule has 1 aromatic heterocycles. The quantitative estimate of drug-likeness (QED) is 0.756. The van der Waals surface area contributed by atoms with E-state index in [9.17, 15) is 4.79 Å². The molecule has 1 N–H and O–H groups in total. The Kier molecular flexibility index (Phi) is 4.86. The van der Waals surface area contributed by atoms with Crippen LogP contribution in [-0.2, 0) is 6.42 Å². The van der Waals surface area contributed by atoms with Crippen LogP contribution in [0.5, 0.6) is 5.75 Å². The van der Waals surface area contributed by atoms with Crippen LogP contribution in [0.1, 0.15) is 16.1 Å². The highest BCUT2D eigenvalue weighted by Gasteiger charge is 2.07. The summed E-state index contributed by atoms with van der Waals surface area (Å²) in [4.78, 5) is 13.7. The number of benzene rings is 2. The number of carbonyl (C=O) groups excluding carboxylic acids is 1. The lowest BCUT2D eigenvalue weighted by Gasteiger charge is -2.05. The van der Waals surface area contributed by atoms with E-state index in [4.69, 9.17) is 4.74 Å². The number of amides is 1. The number of para-hydroxylation sites is 1. The zero-order chi connectivity index (χ0) is 16.8. The molecule has 6 nitrogen and oxygen atoms in total.